The lowest BCUT2D eigenvalue weighted by Gasteiger charge is -2.33. The highest BCUT2D eigenvalue weighted by Gasteiger charge is 2.34. The monoisotopic (exact) mass is 603 g/mol. The van der Waals surface area contributed by atoms with E-state index in [1.807, 2.05) is 33.8 Å². The molecule has 0 aromatic heterocycles. The van der Waals surface area contributed by atoms with Crippen LogP contribution >= 0.6 is 23.2 Å². The van der Waals surface area contributed by atoms with Crippen LogP contribution in [0.2, 0.25) is 10.0 Å². The number of nitrogens with zero attached hydrogens (tertiary/aromatic N) is 2. The van der Waals surface area contributed by atoms with Gasteiger partial charge in [0.1, 0.15) is 12.6 Å². The van der Waals surface area contributed by atoms with Crippen LogP contribution in [0, 0.1) is 13.8 Å². The summed E-state index contributed by atoms with van der Waals surface area (Å²) in [4.78, 5) is 28.6. The van der Waals surface area contributed by atoms with Gasteiger partial charge >= 0.3 is 0 Å². The largest absolute Gasteiger partial charge is 0.352 e. The molecule has 10 heteroatoms. The first-order valence-corrected chi connectivity index (χ1v) is 15.2. The maximum absolute atomic E-state index is 14.1. The van der Waals surface area contributed by atoms with Crippen LogP contribution in [0.25, 0.3) is 0 Å². The van der Waals surface area contributed by atoms with Crippen LogP contribution < -0.4 is 9.62 Å². The molecule has 0 fully saturated rings. The highest BCUT2D eigenvalue weighted by molar-refractivity contribution is 7.92. The van der Waals surface area contributed by atoms with Crippen LogP contribution in [0.4, 0.5) is 5.69 Å². The topological polar surface area (TPSA) is 86.8 Å². The lowest BCUT2D eigenvalue weighted by molar-refractivity contribution is -0.139. The van der Waals surface area contributed by atoms with E-state index in [-0.39, 0.29) is 23.4 Å². The molecule has 2 amide bonds. The molecule has 0 bridgehead atoms. The number of amides is 2. The van der Waals surface area contributed by atoms with E-state index in [0.717, 1.165) is 15.4 Å². The average molecular weight is 605 g/mol. The second-order valence-corrected chi connectivity index (χ2v) is 12.4. The number of aryl methyl sites for hydroxylation is 1. The number of sulfonamides is 1. The Hall–Kier alpha value is -3.07. The van der Waals surface area contributed by atoms with Crippen molar-refractivity contribution >= 4 is 50.7 Å². The first kappa shape index (κ1) is 31.5. The van der Waals surface area contributed by atoms with Gasteiger partial charge in [-0.15, -0.1) is 0 Å². The molecule has 0 unspecified atom stereocenters. The fraction of sp³-hybridized carbons (Fsp3) is 0.333. The first-order chi connectivity index (χ1) is 18.9. The molecule has 7 nitrogen and oxygen atoms in total. The Balaban J connectivity index is 2.10. The Morgan fingerprint density at radius 2 is 1.50 bits per heavy atom. The second kappa shape index (κ2) is 13.5. The van der Waals surface area contributed by atoms with Gasteiger partial charge in [0.25, 0.3) is 10.0 Å². The Kier molecular flexibility index (Phi) is 10.6. The van der Waals surface area contributed by atoms with Crippen molar-refractivity contribution in [3.05, 3.63) is 93.5 Å². The minimum Gasteiger partial charge on any atom is -0.352 e. The van der Waals surface area contributed by atoms with E-state index in [9.17, 15) is 18.0 Å². The van der Waals surface area contributed by atoms with Crippen molar-refractivity contribution in [3.8, 4) is 0 Å². The van der Waals surface area contributed by atoms with Gasteiger partial charge in [0.2, 0.25) is 11.8 Å². The minimum atomic E-state index is -4.15. The highest BCUT2D eigenvalue weighted by Crippen LogP contribution is 2.30. The van der Waals surface area contributed by atoms with Crippen molar-refractivity contribution in [1.29, 1.82) is 0 Å². The SMILES string of the molecule is CC[C@@H](C)NC(=O)[C@H](C)N(Cc1c(Cl)cccc1Cl)C(=O)CN(c1cccc(C)c1C)S(=O)(=O)c1ccccc1. The van der Waals surface area contributed by atoms with Crippen LogP contribution in [-0.2, 0) is 26.2 Å². The van der Waals surface area contributed by atoms with Crippen molar-refractivity contribution in [1.82, 2.24) is 10.2 Å². The third kappa shape index (κ3) is 7.16. The van der Waals surface area contributed by atoms with E-state index >= 15 is 0 Å². The maximum Gasteiger partial charge on any atom is 0.264 e. The number of carbonyl (C=O) groups excluding carboxylic acids is 2. The molecule has 0 radical (unpaired) electrons. The number of benzene rings is 3. The number of halogens is 2. The summed E-state index contributed by atoms with van der Waals surface area (Å²) in [5.41, 5.74) is 2.44. The Morgan fingerprint density at radius 1 is 0.900 bits per heavy atom. The van der Waals surface area contributed by atoms with E-state index in [4.69, 9.17) is 23.2 Å². The van der Waals surface area contributed by atoms with E-state index in [1.54, 1.807) is 55.5 Å². The van der Waals surface area contributed by atoms with Gasteiger partial charge in [-0.1, -0.05) is 66.5 Å². The molecule has 40 heavy (non-hydrogen) atoms. The number of hydrogen-bond donors (Lipinski definition) is 1. The molecule has 0 aliphatic carbocycles. The van der Waals surface area contributed by atoms with Gasteiger partial charge in [-0.05, 0) is 75.6 Å². The molecule has 0 heterocycles. The van der Waals surface area contributed by atoms with Gasteiger partial charge in [0.15, 0.2) is 0 Å². The summed E-state index contributed by atoms with van der Waals surface area (Å²) in [6.07, 6.45) is 0.707. The molecule has 1 N–H and O–H groups in total. The van der Waals surface area contributed by atoms with Crippen molar-refractivity contribution < 1.29 is 18.0 Å². The van der Waals surface area contributed by atoms with Gasteiger partial charge < -0.3 is 10.2 Å². The van der Waals surface area contributed by atoms with E-state index in [0.29, 0.717) is 27.7 Å². The van der Waals surface area contributed by atoms with E-state index in [1.165, 1.54) is 17.0 Å². The van der Waals surface area contributed by atoms with Gasteiger partial charge in [-0.3, -0.25) is 13.9 Å². The third-order valence-electron chi connectivity index (χ3n) is 7.01. The molecular formula is C30H35Cl2N3O4S. The van der Waals surface area contributed by atoms with Crippen molar-refractivity contribution in [2.45, 2.75) is 64.6 Å². The third-order valence-corrected chi connectivity index (χ3v) is 9.50. The molecule has 0 aliphatic rings. The molecule has 3 aromatic rings. The predicted octanol–water partition coefficient (Wildman–Crippen LogP) is 6.14. The lowest BCUT2D eigenvalue weighted by Crippen LogP contribution is -2.52. The molecule has 0 saturated heterocycles. The van der Waals surface area contributed by atoms with E-state index < -0.39 is 28.5 Å². The van der Waals surface area contributed by atoms with Crippen molar-refractivity contribution in [2.24, 2.45) is 0 Å². The maximum atomic E-state index is 14.1. The predicted molar refractivity (Wildman–Crippen MR) is 161 cm³/mol. The summed E-state index contributed by atoms with van der Waals surface area (Å²) in [5, 5.41) is 3.58. The minimum absolute atomic E-state index is 0.0481. The van der Waals surface area contributed by atoms with E-state index in [2.05, 4.69) is 5.32 Å². The molecule has 0 spiro atoms. The molecule has 3 rings (SSSR count). The van der Waals surface area contributed by atoms with Gasteiger partial charge in [-0.25, -0.2) is 8.42 Å². The standard InChI is InChI=1S/C30H35Cl2N3O4S/c1-6-21(3)33-30(37)23(5)34(18-25-26(31)15-11-16-27(25)32)29(36)19-35(28-17-10-12-20(2)22(28)4)40(38,39)24-13-8-7-9-14-24/h7-17,21,23H,6,18-19H2,1-5H3,(H,33,37)/t21-,23+/m1/s1. The molecule has 0 saturated carbocycles. The second-order valence-electron chi connectivity index (χ2n) is 9.76. The molecule has 2 atom stereocenters. The quantitative estimate of drug-likeness (QED) is 0.285. The van der Waals surface area contributed by atoms with Crippen LogP contribution in [0.5, 0.6) is 0 Å². The normalized spacial score (nSPS) is 12.9. The number of hydrogen-bond acceptors (Lipinski definition) is 4. The van der Waals surface area contributed by atoms with Crippen molar-refractivity contribution in [3.63, 3.8) is 0 Å². The summed E-state index contributed by atoms with van der Waals surface area (Å²) < 4.78 is 29.0. The van der Waals surface area contributed by atoms with Crippen LogP contribution in [0.1, 0.15) is 43.9 Å². The molecular weight excluding hydrogens is 569 g/mol. The van der Waals surface area contributed by atoms with Crippen LogP contribution in [0.3, 0.4) is 0 Å². The summed E-state index contributed by atoms with van der Waals surface area (Å²) in [6.45, 7) is 8.49. The fourth-order valence-electron chi connectivity index (χ4n) is 4.14. The Bertz CT molecular complexity index is 1440. The summed E-state index contributed by atoms with van der Waals surface area (Å²) in [6, 6.07) is 17.2. The Labute approximate surface area is 247 Å². The number of carbonyl (C=O) groups is 2. The number of rotatable bonds is 11. The van der Waals surface area contributed by atoms with Crippen molar-refractivity contribution in [2.75, 3.05) is 10.8 Å². The first-order valence-electron chi connectivity index (χ1n) is 13.0. The fourth-order valence-corrected chi connectivity index (χ4v) is 6.15. The molecule has 0 aliphatic heterocycles. The molecule has 214 valence electrons. The Morgan fingerprint density at radius 3 is 2.10 bits per heavy atom. The zero-order valence-electron chi connectivity index (χ0n) is 23.3. The summed E-state index contributed by atoms with van der Waals surface area (Å²) in [5.74, 6) is -0.946. The smallest absolute Gasteiger partial charge is 0.264 e. The van der Waals surface area contributed by atoms with Gasteiger partial charge in [-0.2, -0.15) is 0 Å². The number of nitrogens with one attached hydrogen (secondary N) is 1. The molecule has 3 aromatic carbocycles. The summed E-state index contributed by atoms with van der Waals surface area (Å²) >= 11 is 12.9. The van der Waals surface area contributed by atoms with Crippen LogP contribution in [-0.4, -0.2) is 43.8 Å². The lowest BCUT2D eigenvalue weighted by atomic mass is 10.1. The van der Waals surface area contributed by atoms with Crippen LogP contribution in [0.15, 0.2) is 71.6 Å². The zero-order valence-corrected chi connectivity index (χ0v) is 25.6. The van der Waals surface area contributed by atoms with Gasteiger partial charge in [0, 0.05) is 28.2 Å². The highest BCUT2D eigenvalue weighted by atomic mass is 35.5. The van der Waals surface area contributed by atoms with Gasteiger partial charge in [0.05, 0.1) is 10.6 Å². The summed E-state index contributed by atoms with van der Waals surface area (Å²) in [7, 11) is -4.15. The zero-order chi connectivity index (χ0) is 29.6. The average Bonchev–Trinajstić information content (AvgIpc) is 2.93. The number of anilines is 1.